The second-order valence-electron chi connectivity index (χ2n) is 5.28. The Bertz CT molecular complexity index is 1040. The fraction of sp³-hybridized carbons (Fsp3) is 0.0588. The molecular weight excluding hydrogens is 374 g/mol. The summed E-state index contributed by atoms with van der Waals surface area (Å²) in [6.45, 7) is 0.200. The predicted molar refractivity (Wildman–Crippen MR) is 97.8 cm³/mol. The van der Waals surface area contributed by atoms with Gasteiger partial charge in [-0.05, 0) is 18.2 Å². The van der Waals surface area contributed by atoms with Crippen molar-refractivity contribution < 1.29 is 9.21 Å². The Kier molecular flexibility index (Phi) is 4.51. The molecule has 4 rings (SSSR count). The molecule has 9 heteroatoms. The van der Waals surface area contributed by atoms with E-state index in [1.54, 1.807) is 29.8 Å². The molecule has 2 N–H and O–H groups in total. The standard InChI is InChI=1S/C17H12ClN5O2S/c18-11-5-2-1-4-10(11)17-20-12(9-26-17)16(24)19-8-14-21-15(23-22-14)13-6-3-7-25-13/h1-7,9H,8H2,(H,19,24)(H,21,22,23). The summed E-state index contributed by atoms with van der Waals surface area (Å²) in [5.41, 5.74) is 1.13. The van der Waals surface area contributed by atoms with Crippen molar-refractivity contribution in [3.63, 3.8) is 0 Å². The predicted octanol–water partition coefficient (Wildman–Crippen LogP) is 3.77. The lowest BCUT2D eigenvalue weighted by Gasteiger charge is -2.00. The molecule has 0 bridgehead atoms. The van der Waals surface area contributed by atoms with Crippen LogP contribution in [0.3, 0.4) is 0 Å². The van der Waals surface area contributed by atoms with Gasteiger partial charge in [0.25, 0.3) is 5.91 Å². The van der Waals surface area contributed by atoms with Crippen molar-refractivity contribution >= 4 is 28.8 Å². The van der Waals surface area contributed by atoms with E-state index in [-0.39, 0.29) is 12.5 Å². The topological polar surface area (TPSA) is 96.7 Å². The number of H-pyrrole nitrogens is 1. The number of carbonyl (C=O) groups is 1. The summed E-state index contributed by atoms with van der Waals surface area (Å²) < 4.78 is 5.23. The second-order valence-corrected chi connectivity index (χ2v) is 6.55. The number of nitrogens with one attached hydrogen (secondary N) is 2. The summed E-state index contributed by atoms with van der Waals surface area (Å²) in [6.07, 6.45) is 1.55. The summed E-state index contributed by atoms with van der Waals surface area (Å²) in [6, 6.07) is 10.9. The molecule has 0 unspecified atom stereocenters. The number of aromatic nitrogens is 4. The van der Waals surface area contributed by atoms with Crippen molar-refractivity contribution in [2.75, 3.05) is 0 Å². The van der Waals surface area contributed by atoms with Crippen LogP contribution >= 0.6 is 22.9 Å². The molecule has 1 amide bonds. The van der Waals surface area contributed by atoms with Gasteiger partial charge < -0.3 is 9.73 Å². The molecule has 3 heterocycles. The Balaban J connectivity index is 1.42. The normalized spacial score (nSPS) is 10.8. The van der Waals surface area contributed by atoms with E-state index in [0.29, 0.717) is 33.1 Å². The van der Waals surface area contributed by atoms with E-state index in [2.05, 4.69) is 25.5 Å². The number of thiazole rings is 1. The first-order chi connectivity index (χ1) is 12.7. The van der Waals surface area contributed by atoms with Gasteiger partial charge in [-0.25, -0.2) is 9.97 Å². The molecule has 0 radical (unpaired) electrons. The monoisotopic (exact) mass is 385 g/mol. The van der Waals surface area contributed by atoms with Crippen LogP contribution in [0.2, 0.25) is 5.02 Å². The highest BCUT2D eigenvalue weighted by atomic mass is 35.5. The van der Waals surface area contributed by atoms with Gasteiger partial charge in [-0.3, -0.25) is 9.89 Å². The molecule has 0 aliphatic heterocycles. The highest BCUT2D eigenvalue weighted by molar-refractivity contribution is 7.13. The van der Waals surface area contributed by atoms with Crippen LogP contribution in [-0.4, -0.2) is 26.1 Å². The zero-order chi connectivity index (χ0) is 17.9. The summed E-state index contributed by atoms with van der Waals surface area (Å²) in [5.74, 6) is 1.22. The van der Waals surface area contributed by atoms with Gasteiger partial charge in [0, 0.05) is 10.9 Å². The van der Waals surface area contributed by atoms with Crippen molar-refractivity contribution in [3.05, 3.63) is 64.6 Å². The quantitative estimate of drug-likeness (QED) is 0.545. The smallest absolute Gasteiger partial charge is 0.271 e. The lowest BCUT2D eigenvalue weighted by Crippen LogP contribution is -2.23. The Morgan fingerprint density at radius 3 is 2.92 bits per heavy atom. The maximum Gasteiger partial charge on any atom is 0.271 e. The molecule has 4 aromatic rings. The first-order valence-electron chi connectivity index (χ1n) is 7.64. The number of furan rings is 1. The molecule has 0 aliphatic rings. The number of amides is 1. The molecule has 1 aromatic carbocycles. The second kappa shape index (κ2) is 7.11. The Morgan fingerprint density at radius 2 is 2.12 bits per heavy atom. The fourth-order valence-electron chi connectivity index (χ4n) is 2.28. The molecule has 26 heavy (non-hydrogen) atoms. The number of nitrogens with zero attached hydrogens (tertiary/aromatic N) is 3. The van der Waals surface area contributed by atoms with Crippen LogP contribution in [0.25, 0.3) is 22.2 Å². The van der Waals surface area contributed by atoms with Crippen LogP contribution < -0.4 is 5.32 Å². The van der Waals surface area contributed by atoms with Crippen LogP contribution in [-0.2, 0) is 6.54 Å². The van der Waals surface area contributed by atoms with Gasteiger partial charge in [0.1, 0.15) is 16.5 Å². The Morgan fingerprint density at radius 1 is 1.23 bits per heavy atom. The van der Waals surface area contributed by atoms with Crippen molar-refractivity contribution in [1.82, 2.24) is 25.5 Å². The van der Waals surface area contributed by atoms with Gasteiger partial charge in [0.05, 0.1) is 17.8 Å². The molecule has 0 saturated carbocycles. The van der Waals surface area contributed by atoms with Crippen LogP contribution in [0.4, 0.5) is 0 Å². The molecule has 3 aromatic heterocycles. The number of hydrogen-bond donors (Lipinski definition) is 2. The van der Waals surface area contributed by atoms with Crippen LogP contribution in [0.5, 0.6) is 0 Å². The van der Waals surface area contributed by atoms with Gasteiger partial charge >= 0.3 is 0 Å². The molecule has 130 valence electrons. The van der Waals surface area contributed by atoms with Crippen LogP contribution in [0.1, 0.15) is 16.3 Å². The molecule has 0 atom stereocenters. The zero-order valence-electron chi connectivity index (χ0n) is 13.3. The average Bonchev–Trinajstić information content (AvgIpc) is 3.40. The number of rotatable bonds is 5. The van der Waals surface area contributed by atoms with E-state index in [1.807, 2.05) is 18.2 Å². The number of hydrogen-bond acceptors (Lipinski definition) is 6. The highest BCUT2D eigenvalue weighted by Gasteiger charge is 2.14. The summed E-state index contributed by atoms with van der Waals surface area (Å²) in [7, 11) is 0. The van der Waals surface area contributed by atoms with Crippen molar-refractivity contribution in [1.29, 1.82) is 0 Å². The highest BCUT2D eigenvalue weighted by Crippen LogP contribution is 2.30. The van der Waals surface area contributed by atoms with Crippen molar-refractivity contribution in [3.8, 4) is 22.2 Å². The van der Waals surface area contributed by atoms with E-state index in [4.69, 9.17) is 16.0 Å². The largest absolute Gasteiger partial charge is 0.461 e. The molecule has 0 aliphatic carbocycles. The minimum atomic E-state index is -0.296. The van der Waals surface area contributed by atoms with Crippen molar-refractivity contribution in [2.24, 2.45) is 0 Å². The minimum absolute atomic E-state index is 0.200. The number of aromatic amines is 1. The molecule has 0 saturated heterocycles. The van der Waals surface area contributed by atoms with E-state index in [1.165, 1.54) is 11.3 Å². The molecular formula is C17H12ClN5O2S. The number of carbonyl (C=O) groups excluding carboxylic acids is 1. The van der Waals surface area contributed by atoms with Gasteiger partial charge in [-0.1, -0.05) is 29.8 Å². The van der Waals surface area contributed by atoms with Crippen LogP contribution in [0.15, 0.2) is 52.5 Å². The first kappa shape index (κ1) is 16.5. The van der Waals surface area contributed by atoms with E-state index < -0.39 is 0 Å². The summed E-state index contributed by atoms with van der Waals surface area (Å²) in [5, 5.41) is 12.6. The van der Waals surface area contributed by atoms with E-state index in [0.717, 1.165) is 5.56 Å². The Labute approximate surface area is 157 Å². The maximum absolute atomic E-state index is 12.3. The summed E-state index contributed by atoms with van der Waals surface area (Å²) >= 11 is 7.54. The van der Waals surface area contributed by atoms with Gasteiger partial charge in [-0.2, -0.15) is 0 Å². The molecule has 0 fully saturated rings. The maximum atomic E-state index is 12.3. The van der Waals surface area contributed by atoms with Gasteiger partial charge in [0.2, 0.25) is 5.82 Å². The third-order valence-corrected chi connectivity index (χ3v) is 4.74. The van der Waals surface area contributed by atoms with Crippen LogP contribution in [0, 0.1) is 0 Å². The average molecular weight is 386 g/mol. The van der Waals surface area contributed by atoms with E-state index >= 15 is 0 Å². The molecule has 0 spiro atoms. The third-order valence-electron chi connectivity index (χ3n) is 3.53. The fourth-order valence-corrected chi connectivity index (χ4v) is 3.40. The first-order valence-corrected chi connectivity index (χ1v) is 8.90. The number of halogens is 1. The lowest BCUT2D eigenvalue weighted by molar-refractivity contribution is 0.0945. The SMILES string of the molecule is O=C(NCc1nc(-c2ccco2)n[nH]1)c1csc(-c2ccccc2Cl)n1. The Hall–Kier alpha value is -2.97. The third kappa shape index (κ3) is 3.37. The lowest BCUT2D eigenvalue weighted by atomic mass is 10.2. The summed E-state index contributed by atoms with van der Waals surface area (Å²) in [4.78, 5) is 20.9. The van der Waals surface area contributed by atoms with E-state index in [9.17, 15) is 4.79 Å². The molecule has 7 nitrogen and oxygen atoms in total. The number of benzene rings is 1. The van der Waals surface area contributed by atoms with Gasteiger partial charge in [0.15, 0.2) is 5.76 Å². The zero-order valence-corrected chi connectivity index (χ0v) is 14.8. The van der Waals surface area contributed by atoms with Crippen molar-refractivity contribution in [2.45, 2.75) is 6.54 Å². The van der Waals surface area contributed by atoms with Gasteiger partial charge in [-0.15, -0.1) is 16.4 Å². The minimum Gasteiger partial charge on any atom is -0.461 e.